The summed E-state index contributed by atoms with van der Waals surface area (Å²) in [4.78, 5) is 11.1. The van der Waals surface area contributed by atoms with Crippen molar-refractivity contribution in [1.29, 1.82) is 5.41 Å². The lowest BCUT2D eigenvalue weighted by Crippen LogP contribution is -2.21. The highest BCUT2D eigenvalue weighted by Crippen LogP contribution is 2.38. The Morgan fingerprint density at radius 3 is 2.28 bits per heavy atom. The highest BCUT2D eigenvalue weighted by Gasteiger charge is 2.23. The molecular weight excluding hydrogens is 600 g/mol. The molecule has 1 aliphatic rings. The van der Waals surface area contributed by atoms with Crippen LogP contribution in [0.5, 0.6) is 11.5 Å². The molecule has 1 amide bonds. The molecule has 0 unspecified atom stereocenters. The van der Waals surface area contributed by atoms with Crippen LogP contribution in [-0.2, 0) is 32.7 Å². The third kappa shape index (κ3) is 6.76. The Kier molecular flexibility index (Phi) is 8.52. The molecule has 0 saturated heterocycles. The quantitative estimate of drug-likeness (QED) is 0.124. The van der Waals surface area contributed by atoms with Crippen molar-refractivity contribution in [2.24, 2.45) is 0 Å². The summed E-state index contributed by atoms with van der Waals surface area (Å²) in [5.41, 5.74) is 6.21. The third-order valence-corrected chi connectivity index (χ3v) is 8.46. The van der Waals surface area contributed by atoms with E-state index in [2.05, 4.69) is 5.32 Å². The number of nitrogens with one attached hydrogen (secondary N) is 2. The van der Waals surface area contributed by atoms with Crippen molar-refractivity contribution in [3.63, 3.8) is 0 Å². The van der Waals surface area contributed by atoms with Gasteiger partial charge in [0.15, 0.2) is 6.40 Å². The maximum atomic E-state index is 12.4. The molecule has 230 valence electrons. The monoisotopic (exact) mass is 629 g/mol. The molecule has 1 heterocycles. The minimum Gasteiger partial charge on any atom is -0.744 e. The molecule has 2 N–H and O–H groups in total. The molecule has 8 nitrogen and oxygen atoms in total. The van der Waals surface area contributed by atoms with Gasteiger partial charge in [0.1, 0.15) is 28.2 Å². The van der Waals surface area contributed by atoms with Crippen LogP contribution in [-0.4, -0.2) is 25.3 Å². The Hall–Kier alpha value is -5.51. The van der Waals surface area contributed by atoms with Crippen LogP contribution >= 0.6 is 0 Å². The van der Waals surface area contributed by atoms with E-state index < -0.39 is 10.1 Å². The molecule has 5 aromatic carbocycles. The number of anilines is 1. The molecule has 46 heavy (non-hydrogen) atoms. The van der Waals surface area contributed by atoms with E-state index in [1.165, 1.54) is 19.1 Å². The van der Waals surface area contributed by atoms with E-state index in [-0.39, 0.29) is 10.8 Å². The molecule has 0 atom stereocenters. The third-order valence-electron chi connectivity index (χ3n) is 7.56. The Morgan fingerprint density at radius 1 is 0.848 bits per heavy atom. The van der Waals surface area contributed by atoms with Crippen LogP contribution in [0, 0.1) is 5.41 Å². The van der Waals surface area contributed by atoms with Crippen molar-refractivity contribution >= 4 is 39.8 Å². The summed E-state index contributed by atoms with van der Waals surface area (Å²) < 4.78 is 48.6. The Bertz CT molecular complexity index is 2190. The largest absolute Gasteiger partial charge is 0.744 e. The van der Waals surface area contributed by atoms with Gasteiger partial charge in [0.25, 0.3) is 0 Å². The molecule has 0 radical (unpaired) electrons. The van der Waals surface area contributed by atoms with Gasteiger partial charge in [0.2, 0.25) is 5.91 Å². The molecule has 0 aromatic heterocycles. The minimum atomic E-state index is -4.77. The zero-order valence-electron chi connectivity index (χ0n) is 24.8. The first-order valence-corrected chi connectivity index (χ1v) is 15.9. The highest BCUT2D eigenvalue weighted by molar-refractivity contribution is 7.85. The van der Waals surface area contributed by atoms with Crippen LogP contribution in [0.4, 0.5) is 5.69 Å². The number of benzene rings is 5. The van der Waals surface area contributed by atoms with E-state index >= 15 is 0 Å². The first-order valence-electron chi connectivity index (χ1n) is 14.5. The summed E-state index contributed by atoms with van der Waals surface area (Å²) in [6.45, 7) is 1.79. The Morgan fingerprint density at radius 2 is 1.57 bits per heavy atom. The summed E-state index contributed by atoms with van der Waals surface area (Å²) in [5.74, 6) is 0.927. The predicted molar refractivity (Wildman–Crippen MR) is 175 cm³/mol. The van der Waals surface area contributed by atoms with Gasteiger partial charge in [-0.2, -0.15) is 0 Å². The average molecular weight is 630 g/mol. The maximum absolute atomic E-state index is 12.4. The number of carbonyl (C=O) groups excluding carboxylic acids is 1. The normalized spacial score (nSPS) is 12.5. The molecule has 5 aromatic rings. The number of carbonyl (C=O) groups is 1. The summed E-state index contributed by atoms with van der Waals surface area (Å²) in [7, 11) is -4.77. The van der Waals surface area contributed by atoms with Gasteiger partial charge < -0.3 is 19.3 Å². The van der Waals surface area contributed by atoms with Crippen molar-refractivity contribution < 1.29 is 27.2 Å². The van der Waals surface area contributed by atoms with Gasteiger partial charge in [-0.3, -0.25) is 10.2 Å². The van der Waals surface area contributed by atoms with Crippen molar-refractivity contribution in [2.75, 3.05) is 5.32 Å². The molecule has 6 rings (SSSR count). The predicted octanol–water partition coefficient (Wildman–Crippen LogP) is 5.45. The van der Waals surface area contributed by atoms with Crippen molar-refractivity contribution in [3.8, 4) is 11.5 Å². The fourth-order valence-corrected chi connectivity index (χ4v) is 6.20. The number of amides is 1. The number of ether oxygens (including phenoxy) is 2. The van der Waals surface area contributed by atoms with Gasteiger partial charge in [-0.25, -0.2) is 8.42 Å². The molecule has 0 aliphatic carbocycles. The van der Waals surface area contributed by atoms with Gasteiger partial charge in [-0.05, 0) is 76.4 Å². The summed E-state index contributed by atoms with van der Waals surface area (Å²) in [6.07, 6.45) is 3.51. The maximum Gasteiger partial charge on any atom is 0.221 e. The van der Waals surface area contributed by atoms with E-state index in [9.17, 15) is 17.8 Å². The molecule has 9 heteroatoms. The fourth-order valence-electron chi connectivity index (χ4n) is 5.52. The lowest BCUT2D eigenvalue weighted by atomic mass is 9.91. The van der Waals surface area contributed by atoms with Crippen LogP contribution in [0.1, 0.15) is 40.3 Å². The van der Waals surface area contributed by atoms with Crippen LogP contribution < -0.4 is 20.5 Å². The number of hydrogen-bond donors (Lipinski definition) is 2. The Labute approximate surface area is 266 Å². The first kappa shape index (κ1) is 30.5. The van der Waals surface area contributed by atoms with Gasteiger partial charge >= 0.3 is 0 Å². The van der Waals surface area contributed by atoms with Crippen LogP contribution in [0.3, 0.4) is 0 Å². The van der Waals surface area contributed by atoms with Crippen molar-refractivity contribution in [2.45, 2.75) is 24.8 Å². The first-order chi connectivity index (χ1) is 22.2. The number of rotatable bonds is 9. The number of fused-ring (bicyclic) bond motifs is 2. The van der Waals surface area contributed by atoms with E-state index in [1.807, 2.05) is 91.0 Å². The molecule has 1 aliphatic heterocycles. The Balaban J connectivity index is 1.44. The summed E-state index contributed by atoms with van der Waals surface area (Å²) in [5, 5.41) is 11.3. The lowest BCUT2D eigenvalue weighted by Gasteiger charge is -2.24. The molecule has 0 bridgehead atoms. The molecular formula is C37H29N2O6S-. The minimum absolute atomic E-state index is 0.145. The molecule has 0 fully saturated rings. The van der Waals surface area contributed by atoms with Gasteiger partial charge in [-0.1, -0.05) is 72.8 Å². The van der Waals surface area contributed by atoms with E-state index in [0.717, 1.165) is 33.9 Å². The average Bonchev–Trinajstić information content (AvgIpc) is 3.03. The number of hydrogen-bond acceptors (Lipinski definition) is 7. The van der Waals surface area contributed by atoms with Gasteiger partial charge in [-0.15, -0.1) is 0 Å². The molecule has 0 saturated carbocycles. The zero-order chi connectivity index (χ0) is 32.3. The topological polar surface area (TPSA) is 129 Å². The zero-order valence-corrected chi connectivity index (χ0v) is 25.6. The lowest BCUT2D eigenvalue weighted by molar-refractivity contribution is -0.114. The summed E-state index contributed by atoms with van der Waals surface area (Å²) >= 11 is 0. The van der Waals surface area contributed by atoms with Crippen molar-refractivity contribution in [1.82, 2.24) is 0 Å². The SMILES string of the molecule is CC(=O)Nc1ccc(/C=c2\ccc3c(c2)Oc2cc(Cc4ccc(COC=N)cc4)ccc2C=3c2ccccc2S(=O)(=O)[O-])cc1. The van der Waals surface area contributed by atoms with Crippen LogP contribution in [0.15, 0.2) is 114 Å². The second-order valence-electron chi connectivity index (χ2n) is 10.9. The van der Waals surface area contributed by atoms with E-state index in [0.29, 0.717) is 52.1 Å². The smallest absolute Gasteiger partial charge is 0.221 e. The highest BCUT2D eigenvalue weighted by atomic mass is 32.2. The van der Waals surface area contributed by atoms with Gasteiger partial charge in [0.05, 0.1) is 4.90 Å². The van der Waals surface area contributed by atoms with Crippen LogP contribution in [0.25, 0.3) is 11.6 Å². The standard InChI is InChI=1S/C37H30N2O6S/c1-24(40)39-30-14-10-26(11-15-30)19-29-13-17-32-35(21-29)45-34-20-28(18-25-6-8-27(9-7-25)22-44-23-38)12-16-31(34)37(32)33-4-2-3-5-36(33)46(41,42)43/h2-17,19-21,23,38H,18,22H2,1H3,(H,39,40)(H,41,42,43)/p-1/b29-19+,38-23?. The fraction of sp³-hybridized carbons (Fsp3) is 0.0811. The van der Waals surface area contributed by atoms with E-state index in [1.54, 1.807) is 12.1 Å². The van der Waals surface area contributed by atoms with Gasteiger partial charge in [0, 0.05) is 34.5 Å². The second-order valence-corrected chi connectivity index (χ2v) is 12.2. The summed E-state index contributed by atoms with van der Waals surface area (Å²) in [6, 6.07) is 33.1. The second kappa shape index (κ2) is 12.8. The van der Waals surface area contributed by atoms with Crippen molar-refractivity contribution in [3.05, 3.63) is 153 Å². The molecule has 0 spiro atoms. The van der Waals surface area contributed by atoms with E-state index in [4.69, 9.17) is 14.9 Å². The van der Waals surface area contributed by atoms with Crippen LogP contribution in [0.2, 0.25) is 0 Å².